The first-order chi connectivity index (χ1) is 9.25. The molecule has 0 fully saturated rings. The normalized spacial score (nSPS) is 14.9. The fourth-order valence-electron chi connectivity index (χ4n) is 2.89. The molecule has 2 aromatic carbocycles. The van der Waals surface area contributed by atoms with E-state index >= 15 is 0 Å². The second-order valence-electron chi connectivity index (χ2n) is 5.29. The summed E-state index contributed by atoms with van der Waals surface area (Å²) in [4.78, 5) is 2.46. The average molecular weight is 252 g/mol. The van der Waals surface area contributed by atoms with Crippen LogP contribution >= 0.6 is 0 Å². The fourth-order valence-corrected chi connectivity index (χ4v) is 2.89. The number of rotatable bonds is 1. The third-order valence-corrected chi connectivity index (χ3v) is 4.04. The van der Waals surface area contributed by atoms with Crippen molar-refractivity contribution < 1.29 is 0 Å². The van der Waals surface area contributed by atoms with Gasteiger partial charge >= 0.3 is 0 Å². The summed E-state index contributed by atoms with van der Waals surface area (Å²) in [7, 11) is 0. The molecule has 2 N–H and O–H groups in total. The van der Waals surface area contributed by atoms with Crippen LogP contribution < -0.4 is 10.6 Å². The summed E-state index contributed by atoms with van der Waals surface area (Å²) >= 11 is 0. The van der Waals surface area contributed by atoms with Crippen molar-refractivity contribution in [3.05, 3.63) is 59.2 Å². The Morgan fingerprint density at radius 2 is 1.79 bits per heavy atom. The Bertz CT molecular complexity index is 590. The first-order valence-electron chi connectivity index (χ1n) is 6.92. The number of anilines is 2. The molecule has 0 saturated heterocycles. The highest BCUT2D eigenvalue weighted by molar-refractivity contribution is 5.64. The minimum Gasteiger partial charge on any atom is -0.398 e. The Labute approximate surface area is 114 Å². The number of hydrogen-bond acceptors (Lipinski definition) is 2. The maximum atomic E-state index is 6.03. The van der Waals surface area contributed by atoms with Gasteiger partial charge in [-0.2, -0.15) is 0 Å². The molecule has 98 valence electrons. The van der Waals surface area contributed by atoms with Crippen molar-refractivity contribution in [1.29, 1.82) is 0 Å². The zero-order chi connectivity index (χ0) is 13.2. The maximum Gasteiger partial charge on any atom is 0.0432 e. The van der Waals surface area contributed by atoms with Crippen LogP contribution in [0, 0.1) is 6.92 Å². The SMILES string of the molecule is Cc1c(N)cccc1N1CCCc2ccccc2C1. The van der Waals surface area contributed by atoms with Crippen molar-refractivity contribution in [2.45, 2.75) is 26.3 Å². The zero-order valence-corrected chi connectivity index (χ0v) is 11.4. The molecule has 1 aliphatic rings. The molecule has 1 aliphatic heterocycles. The van der Waals surface area contributed by atoms with Crippen LogP contribution in [0.5, 0.6) is 0 Å². The van der Waals surface area contributed by atoms with E-state index in [1.165, 1.54) is 35.2 Å². The van der Waals surface area contributed by atoms with E-state index in [4.69, 9.17) is 5.73 Å². The van der Waals surface area contributed by atoms with Gasteiger partial charge in [-0.05, 0) is 48.6 Å². The van der Waals surface area contributed by atoms with E-state index in [1.807, 2.05) is 6.07 Å². The summed E-state index contributed by atoms with van der Waals surface area (Å²) in [5, 5.41) is 0. The summed E-state index contributed by atoms with van der Waals surface area (Å²) in [6.07, 6.45) is 2.37. The number of benzene rings is 2. The molecule has 2 heteroatoms. The highest BCUT2D eigenvalue weighted by Gasteiger charge is 2.16. The molecule has 0 aromatic heterocycles. The van der Waals surface area contributed by atoms with Crippen LogP contribution in [-0.4, -0.2) is 6.54 Å². The summed E-state index contributed by atoms with van der Waals surface area (Å²) in [5.41, 5.74) is 12.3. The van der Waals surface area contributed by atoms with Gasteiger partial charge in [0.05, 0.1) is 0 Å². The topological polar surface area (TPSA) is 29.3 Å². The number of hydrogen-bond donors (Lipinski definition) is 1. The molecule has 1 heterocycles. The molecular formula is C17H20N2. The monoisotopic (exact) mass is 252 g/mol. The molecular weight excluding hydrogens is 232 g/mol. The first-order valence-corrected chi connectivity index (χ1v) is 6.92. The van der Waals surface area contributed by atoms with Crippen LogP contribution in [0.1, 0.15) is 23.1 Å². The van der Waals surface area contributed by atoms with Gasteiger partial charge in [-0.1, -0.05) is 30.3 Å². The van der Waals surface area contributed by atoms with Crippen molar-refractivity contribution in [3.63, 3.8) is 0 Å². The van der Waals surface area contributed by atoms with E-state index in [9.17, 15) is 0 Å². The fraction of sp³-hybridized carbons (Fsp3) is 0.294. The molecule has 0 unspecified atom stereocenters. The van der Waals surface area contributed by atoms with E-state index in [0.29, 0.717) is 0 Å². The molecule has 0 amide bonds. The van der Waals surface area contributed by atoms with E-state index in [0.717, 1.165) is 18.8 Å². The predicted molar refractivity (Wildman–Crippen MR) is 81.4 cm³/mol. The van der Waals surface area contributed by atoms with E-state index in [-0.39, 0.29) is 0 Å². The highest BCUT2D eigenvalue weighted by Crippen LogP contribution is 2.29. The van der Waals surface area contributed by atoms with Gasteiger partial charge in [0, 0.05) is 24.5 Å². The molecule has 0 saturated carbocycles. The molecule has 0 spiro atoms. The molecule has 3 rings (SSSR count). The molecule has 0 atom stereocenters. The number of nitrogens with two attached hydrogens (primary N) is 1. The van der Waals surface area contributed by atoms with Gasteiger partial charge in [-0.3, -0.25) is 0 Å². The third kappa shape index (κ3) is 2.30. The Hall–Kier alpha value is -1.96. The summed E-state index contributed by atoms with van der Waals surface area (Å²) in [6, 6.07) is 15.0. The average Bonchev–Trinajstić information content (AvgIpc) is 2.64. The largest absolute Gasteiger partial charge is 0.398 e. The van der Waals surface area contributed by atoms with Gasteiger partial charge in [0.2, 0.25) is 0 Å². The predicted octanol–water partition coefficient (Wildman–Crippen LogP) is 3.53. The van der Waals surface area contributed by atoms with Crippen LogP contribution in [0.3, 0.4) is 0 Å². The Balaban J connectivity index is 1.96. The van der Waals surface area contributed by atoms with Crippen LogP contribution in [-0.2, 0) is 13.0 Å². The highest BCUT2D eigenvalue weighted by atomic mass is 15.1. The smallest absolute Gasteiger partial charge is 0.0432 e. The van der Waals surface area contributed by atoms with Crippen LogP contribution in [0.4, 0.5) is 11.4 Å². The van der Waals surface area contributed by atoms with E-state index in [1.54, 1.807) is 0 Å². The summed E-state index contributed by atoms with van der Waals surface area (Å²) < 4.78 is 0. The van der Waals surface area contributed by atoms with Gasteiger partial charge in [0.1, 0.15) is 0 Å². The van der Waals surface area contributed by atoms with E-state index < -0.39 is 0 Å². The second kappa shape index (κ2) is 4.96. The van der Waals surface area contributed by atoms with Gasteiger partial charge in [-0.25, -0.2) is 0 Å². The van der Waals surface area contributed by atoms with Crippen molar-refractivity contribution in [2.24, 2.45) is 0 Å². The van der Waals surface area contributed by atoms with Gasteiger partial charge in [0.25, 0.3) is 0 Å². The van der Waals surface area contributed by atoms with Gasteiger partial charge in [0.15, 0.2) is 0 Å². The molecule has 0 bridgehead atoms. The van der Waals surface area contributed by atoms with Crippen molar-refractivity contribution in [3.8, 4) is 0 Å². The lowest BCUT2D eigenvalue weighted by Gasteiger charge is -2.25. The Morgan fingerprint density at radius 1 is 1.00 bits per heavy atom. The van der Waals surface area contributed by atoms with E-state index in [2.05, 4.69) is 48.2 Å². The molecule has 0 aliphatic carbocycles. The number of nitrogen functional groups attached to an aromatic ring is 1. The Kier molecular flexibility index (Phi) is 3.16. The second-order valence-corrected chi connectivity index (χ2v) is 5.29. The van der Waals surface area contributed by atoms with Gasteiger partial charge < -0.3 is 10.6 Å². The quantitative estimate of drug-likeness (QED) is 0.787. The maximum absolute atomic E-state index is 6.03. The lowest BCUT2D eigenvalue weighted by atomic mass is 10.0. The third-order valence-electron chi connectivity index (χ3n) is 4.04. The minimum absolute atomic E-state index is 0.884. The standard InChI is InChI=1S/C17H20N2/c1-13-16(18)9-4-10-17(13)19-11-5-8-14-6-2-3-7-15(14)12-19/h2-4,6-7,9-10H,5,8,11-12,18H2,1H3. The number of fused-ring (bicyclic) bond motifs is 1. The van der Waals surface area contributed by atoms with Crippen molar-refractivity contribution >= 4 is 11.4 Å². The van der Waals surface area contributed by atoms with Crippen LogP contribution in [0.15, 0.2) is 42.5 Å². The lowest BCUT2D eigenvalue weighted by Crippen LogP contribution is -2.23. The first kappa shape index (κ1) is 12.1. The summed E-state index contributed by atoms with van der Waals surface area (Å²) in [6.45, 7) is 4.20. The number of aryl methyl sites for hydroxylation is 1. The lowest BCUT2D eigenvalue weighted by molar-refractivity contribution is 0.764. The van der Waals surface area contributed by atoms with Crippen LogP contribution in [0.25, 0.3) is 0 Å². The summed E-state index contributed by atoms with van der Waals surface area (Å²) in [5.74, 6) is 0. The molecule has 2 aromatic rings. The molecule has 2 nitrogen and oxygen atoms in total. The van der Waals surface area contributed by atoms with Gasteiger partial charge in [-0.15, -0.1) is 0 Å². The Morgan fingerprint density at radius 3 is 2.63 bits per heavy atom. The van der Waals surface area contributed by atoms with Crippen LogP contribution in [0.2, 0.25) is 0 Å². The number of nitrogens with zero attached hydrogens (tertiary/aromatic N) is 1. The molecule has 0 radical (unpaired) electrons. The molecule has 19 heavy (non-hydrogen) atoms. The minimum atomic E-state index is 0.884. The van der Waals surface area contributed by atoms with Crippen molar-refractivity contribution in [2.75, 3.05) is 17.2 Å². The zero-order valence-electron chi connectivity index (χ0n) is 11.4. The van der Waals surface area contributed by atoms with Crippen molar-refractivity contribution in [1.82, 2.24) is 0 Å².